The molecule has 8 heteroatoms. The third-order valence-corrected chi connectivity index (χ3v) is 4.51. The van der Waals surface area contributed by atoms with E-state index in [4.69, 9.17) is 21.4 Å². The Morgan fingerprint density at radius 3 is 2.54 bits per heavy atom. The van der Waals surface area contributed by atoms with Crippen LogP contribution in [0.3, 0.4) is 0 Å². The molecule has 26 heavy (non-hydrogen) atoms. The van der Waals surface area contributed by atoms with Gasteiger partial charge in [-0.15, -0.1) is 5.10 Å². The fourth-order valence-electron chi connectivity index (χ4n) is 3.03. The fourth-order valence-corrected chi connectivity index (χ4v) is 3.21. The molecule has 1 aromatic carbocycles. The van der Waals surface area contributed by atoms with Crippen molar-refractivity contribution in [1.82, 2.24) is 19.6 Å². The van der Waals surface area contributed by atoms with Crippen LogP contribution in [0.4, 0.5) is 0 Å². The maximum atomic E-state index is 12.3. The van der Waals surface area contributed by atoms with Crippen LogP contribution in [0.1, 0.15) is 11.1 Å². The third kappa shape index (κ3) is 4.57. The molecule has 0 atom stereocenters. The van der Waals surface area contributed by atoms with Gasteiger partial charge in [0.1, 0.15) is 0 Å². The molecule has 1 saturated heterocycles. The van der Waals surface area contributed by atoms with Gasteiger partial charge in [-0.2, -0.15) is 0 Å². The van der Waals surface area contributed by atoms with Gasteiger partial charge in [-0.25, -0.2) is 4.68 Å². The minimum absolute atomic E-state index is 0.0837. The standard InChI is InChI=1S/C18H24N4O3S/c1-13-8-14(2)10-15(9-13)17-19-22(18(26)25-17)12-20(3)11-16(23)21-4-6-24-7-5-21/h8-10H,4-7,11-12H2,1-3H3. The monoisotopic (exact) mass is 376 g/mol. The number of rotatable bonds is 5. The molecule has 0 spiro atoms. The van der Waals surface area contributed by atoms with E-state index >= 15 is 0 Å². The lowest BCUT2D eigenvalue weighted by molar-refractivity contribution is -0.136. The van der Waals surface area contributed by atoms with Gasteiger partial charge in [-0.1, -0.05) is 17.2 Å². The Labute approximate surface area is 158 Å². The van der Waals surface area contributed by atoms with Crippen molar-refractivity contribution in [3.05, 3.63) is 34.2 Å². The highest BCUT2D eigenvalue weighted by Crippen LogP contribution is 2.21. The minimum atomic E-state index is 0.0837. The second-order valence-corrected chi connectivity index (χ2v) is 7.05. The zero-order valence-electron chi connectivity index (χ0n) is 15.4. The van der Waals surface area contributed by atoms with Crippen molar-refractivity contribution < 1.29 is 13.9 Å². The van der Waals surface area contributed by atoms with E-state index in [0.29, 0.717) is 50.2 Å². The molecule has 2 aromatic rings. The molecule has 0 radical (unpaired) electrons. The largest absolute Gasteiger partial charge is 0.409 e. The number of nitrogens with zero attached hydrogens (tertiary/aromatic N) is 4. The zero-order chi connectivity index (χ0) is 18.7. The van der Waals surface area contributed by atoms with Gasteiger partial charge >= 0.3 is 0 Å². The molecule has 0 N–H and O–H groups in total. The van der Waals surface area contributed by atoms with E-state index in [1.54, 1.807) is 4.68 Å². The van der Waals surface area contributed by atoms with Crippen molar-refractivity contribution in [3.8, 4) is 11.5 Å². The second-order valence-electron chi connectivity index (χ2n) is 6.70. The van der Waals surface area contributed by atoms with Crippen LogP contribution in [-0.4, -0.2) is 65.4 Å². The maximum Gasteiger partial charge on any atom is 0.288 e. The summed E-state index contributed by atoms with van der Waals surface area (Å²) in [5, 5.41) is 4.48. The Morgan fingerprint density at radius 2 is 1.88 bits per heavy atom. The smallest absolute Gasteiger partial charge is 0.288 e. The molecule has 1 aromatic heterocycles. The van der Waals surface area contributed by atoms with Gasteiger partial charge in [0, 0.05) is 18.7 Å². The summed E-state index contributed by atoms with van der Waals surface area (Å²) in [6.45, 7) is 7.25. The number of carbonyl (C=O) groups excluding carboxylic acids is 1. The van der Waals surface area contributed by atoms with Crippen LogP contribution in [-0.2, 0) is 16.2 Å². The SMILES string of the molecule is Cc1cc(C)cc(-c2nn(CN(C)CC(=O)N3CCOCC3)c(=S)o2)c1. The molecule has 140 valence electrons. The number of benzene rings is 1. The Morgan fingerprint density at radius 1 is 1.23 bits per heavy atom. The van der Waals surface area contributed by atoms with Crippen molar-refractivity contribution in [1.29, 1.82) is 0 Å². The zero-order valence-corrected chi connectivity index (χ0v) is 16.2. The van der Waals surface area contributed by atoms with Gasteiger partial charge < -0.3 is 14.1 Å². The fraction of sp³-hybridized carbons (Fsp3) is 0.500. The average Bonchev–Trinajstić information content (AvgIpc) is 2.95. The molecule has 7 nitrogen and oxygen atoms in total. The third-order valence-electron chi connectivity index (χ3n) is 4.22. The van der Waals surface area contributed by atoms with Crippen molar-refractivity contribution >= 4 is 18.1 Å². The van der Waals surface area contributed by atoms with Crippen molar-refractivity contribution in [2.75, 3.05) is 39.9 Å². The first kappa shape index (κ1) is 18.8. The number of amides is 1. The number of ether oxygens (including phenoxy) is 1. The number of aromatic nitrogens is 2. The summed E-state index contributed by atoms with van der Waals surface area (Å²) < 4.78 is 12.5. The lowest BCUT2D eigenvalue weighted by atomic mass is 10.1. The van der Waals surface area contributed by atoms with Gasteiger partial charge in [0.2, 0.25) is 11.8 Å². The first-order chi connectivity index (χ1) is 12.4. The summed E-state index contributed by atoms with van der Waals surface area (Å²) in [5.41, 5.74) is 3.19. The van der Waals surface area contributed by atoms with Gasteiger partial charge in [-0.3, -0.25) is 9.69 Å². The second kappa shape index (κ2) is 8.11. The summed E-state index contributed by atoms with van der Waals surface area (Å²) >= 11 is 5.29. The average molecular weight is 376 g/mol. The highest BCUT2D eigenvalue weighted by Gasteiger charge is 2.19. The molecule has 0 bridgehead atoms. The number of likely N-dealkylation sites (N-methyl/N-ethyl adjacent to an activating group) is 1. The van der Waals surface area contributed by atoms with Gasteiger partial charge in [0.25, 0.3) is 4.84 Å². The van der Waals surface area contributed by atoms with E-state index in [2.05, 4.69) is 11.2 Å². The molecule has 1 aliphatic rings. The van der Waals surface area contributed by atoms with Gasteiger partial charge in [-0.05, 0) is 45.2 Å². The molecule has 2 heterocycles. The van der Waals surface area contributed by atoms with Crippen molar-refractivity contribution in [2.24, 2.45) is 0 Å². The molecule has 1 aliphatic heterocycles. The molecular weight excluding hydrogens is 352 g/mol. The predicted octanol–water partition coefficient (Wildman–Crippen LogP) is 2.24. The summed E-state index contributed by atoms with van der Waals surface area (Å²) in [5.74, 6) is 0.579. The Kier molecular flexibility index (Phi) is 5.85. The molecular formula is C18H24N4O3S. The number of hydrogen-bond donors (Lipinski definition) is 0. The Bertz CT molecular complexity index is 819. The van der Waals surface area contributed by atoms with E-state index in [1.807, 2.05) is 42.8 Å². The van der Waals surface area contributed by atoms with Crippen LogP contribution in [0.15, 0.2) is 22.6 Å². The van der Waals surface area contributed by atoms with Crippen LogP contribution in [0.25, 0.3) is 11.5 Å². The van der Waals surface area contributed by atoms with Crippen LogP contribution in [0, 0.1) is 18.7 Å². The van der Waals surface area contributed by atoms with Crippen LogP contribution in [0.5, 0.6) is 0 Å². The lowest BCUT2D eigenvalue weighted by Gasteiger charge is -2.28. The predicted molar refractivity (Wildman–Crippen MR) is 100 cm³/mol. The van der Waals surface area contributed by atoms with E-state index < -0.39 is 0 Å². The van der Waals surface area contributed by atoms with E-state index in [0.717, 1.165) is 16.7 Å². The highest BCUT2D eigenvalue weighted by molar-refractivity contribution is 7.71. The Hall–Kier alpha value is -2.03. The highest BCUT2D eigenvalue weighted by atomic mass is 32.1. The normalized spacial score (nSPS) is 14.8. The lowest BCUT2D eigenvalue weighted by Crippen LogP contribution is -2.45. The van der Waals surface area contributed by atoms with Gasteiger partial charge in [0.05, 0.1) is 26.4 Å². The first-order valence-corrected chi connectivity index (χ1v) is 9.04. The number of morpholine rings is 1. The van der Waals surface area contributed by atoms with E-state index in [-0.39, 0.29) is 5.91 Å². The molecule has 1 amide bonds. The molecule has 0 aliphatic carbocycles. The maximum absolute atomic E-state index is 12.3. The first-order valence-electron chi connectivity index (χ1n) is 8.63. The quantitative estimate of drug-likeness (QED) is 0.746. The topological polar surface area (TPSA) is 63.7 Å². The molecule has 0 unspecified atom stereocenters. The summed E-state index contributed by atoms with van der Waals surface area (Å²) in [4.78, 5) is 16.3. The summed E-state index contributed by atoms with van der Waals surface area (Å²) in [6, 6.07) is 6.13. The summed E-state index contributed by atoms with van der Waals surface area (Å²) in [7, 11) is 1.87. The number of hydrogen-bond acceptors (Lipinski definition) is 6. The minimum Gasteiger partial charge on any atom is -0.409 e. The van der Waals surface area contributed by atoms with Crippen LogP contribution < -0.4 is 0 Å². The number of carbonyl (C=O) groups is 1. The van der Waals surface area contributed by atoms with E-state index in [9.17, 15) is 4.79 Å². The summed E-state index contributed by atoms with van der Waals surface area (Å²) in [6.07, 6.45) is 0. The molecule has 1 fully saturated rings. The van der Waals surface area contributed by atoms with Crippen LogP contribution >= 0.6 is 12.2 Å². The van der Waals surface area contributed by atoms with E-state index in [1.165, 1.54) is 0 Å². The van der Waals surface area contributed by atoms with Crippen molar-refractivity contribution in [2.45, 2.75) is 20.5 Å². The number of aryl methyl sites for hydroxylation is 2. The Balaban J connectivity index is 1.67. The molecule has 3 rings (SSSR count). The van der Waals surface area contributed by atoms with Gasteiger partial charge in [0.15, 0.2) is 0 Å². The van der Waals surface area contributed by atoms with Crippen LogP contribution in [0.2, 0.25) is 0 Å². The van der Waals surface area contributed by atoms with Crippen molar-refractivity contribution in [3.63, 3.8) is 0 Å². The molecule has 0 saturated carbocycles.